The molecule has 2 aromatic rings. The summed E-state index contributed by atoms with van der Waals surface area (Å²) >= 11 is 15.3. The zero-order valence-corrected chi connectivity index (χ0v) is 19.2. The number of hydrogen-bond acceptors (Lipinski definition) is 3. The fourth-order valence-electron chi connectivity index (χ4n) is 3.76. The molecule has 0 spiro atoms. The van der Waals surface area contributed by atoms with Crippen LogP contribution in [0.4, 0.5) is 8.78 Å². The van der Waals surface area contributed by atoms with Crippen LogP contribution in [0.15, 0.2) is 22.7 Å². The Morgan fingerprint density at radius 1 is 1.17 bits per heavy atom. The van der Waals surface area contributed by atoms with Crippen molar-refractivity contribution in [2.75, 3.05) is 26.2 Å². The van der Waals surface area contributed by atoms with Gasteiger partial charge in [0.15, 0.2) is 0 Å². The lowest BCUT2D eigenvalue weighted by Crippen LogP contribution is -2.49. The molecule has 10 heteroatoms. The zero-order chi connectivity index (χ0) is 21.4. The summed E-state index contributed by atoms with van der Waals surface area (Å²) in [5, 5.41) is 5.09. The molecule has 1 aliphatic carbocycles. The minimum Gasteiger partial charge on any atom is -0.339 e. The van der Waals surface area contributed by atoms with E-state index in [-0.39, 0.29) is 24.1 Å². The minimum atomic E-state index is -2.67. The van der Waals surface area contributed by atoms with E-state index in [0.29, 0.717) is 27.6 Å². The monoisotopic (exact) mass is 520 g/mol. The summed E-state index contributed by atoms with van der Waals surface area (Å²) in [6, 6.07) is 5.59. The number of aromatic nitrogens is 2. The lowest BCUT2D eigenvalue weighted by molar-refractivity contribution is -0.133. The standard InChI is InChI=1S/C20H21BrCl2F2N4O/c21-17-18(20(24)25)26-29(19(17)13-2-3-13)11-16(30)28-7-5-27(6-8-28)10-12-1-4-14(22)15(23)9-12/h1,4,9,13,20H,2-3,5-8,10-11H2. The number of piperazine rings is 1. The number of alkyl halides is 2. The first-order valence-corrected chi connectivity index (χ1v) is 11.4. The first-order chi connectivity index (χ1) is 14.3. The van der Waals surface area contributed by atoms with Gasteiger partial charge in [-0.05, 0) is 46.5 Å². The summed E-state index contributed by atoms with van der Waals surface area (Å²) in [4.78, 5) is 16.8. The quantitative estimate of drug-likeness (QED) is 0.530. The summed E-state index contributed by atoms with van der Waals surface area (Å²) in [5.41, 5.74) is 1.51. The van der Waals surface area contributed by atoms with E-state index in [9.17, 15) is 13.6 Å². The highest BCUT2D eigenvalue weighted by atomic mass is 79.9. The highest BCUT2D eigenvalue weighted by Crippen LogP contribution is 2.45. The van der Waals surface area contributed by atoms with Crippen LogP contribution in [0.1, 0.15) is 42.1 Å². The molecule has 1 amide bonds. The molecule has 5 nitrogen and oxygen atoms in total. The van der Waals surface area contributed by atoms with Crippen LogP contribution in [0.5, 0.6) is 0 Å². The van der Waals surface area contributed by atoms with Gasteiger partial charge in [0.2, 0.25) is 5.91 Å². The molecule has 0 bridgehead atoms. The average molecular weight is 522 g/mol. The van der Waals surface area contributed by atoms with Gasteiger partial charge in [-0.2, -0.15) is 5.10 Å². The zero-order valence-electron chi connectivity index (χ0n) is 16.1. The van der Waals surface area contributed by atoms with E-state index in [1.54, 1.807) is 11.0 Å². The van der Waals surface area contributed by atoms with E-state index in [2.05, 4.69) is 25.9 Å². The van der Waals surface area contributed by atoms with Crippen molar-refractivity contribution in [2.24, 2.45) is 0 Å². The highest BCUT2D eigenvalue weighted by Gasteiger charge is 2.34. The Bertz CT molecular complexity index is 943. The summed E-state index contributed by atoms with van der Waals surface area (Å²) in [7, 11) is 0. The normalized spacial score (nSPS) is 17.7. The maximum Gasteiger partial charge on any atom is 0.283 e. The number of rotatable bonds is 6. The predicted octanol–water partition coefficient (Wildman–Crippen LogP) is 5.11. The maximum atomic E-state index is 13.2. The van der Waals surface area contributed by atoms with Crippen molar-refractivity contribution in [3.63, 3.8) is 0 Å². The van der Waals surface area contributed by atoms with Gasteiger partial charge in [0.25, 0.3) is 6.43 Å². The third kappa shape index (κ3) is 4.82. The molecule has 2 aliphatic rings. The molecule has 1 aliphatic heterocycles. The van der Waals surface area contributed by atoms with E-state index >= 15 is 0 Å². The Labute approximate surface area is 192 Å². The number of carbonyl (C=O) groups excluding carboxylic acids is 1. The Balaban J connectivity index is 1.36. The largest absolute Gasteiger partial charge is 0.339 e. The molecule has 1 saturated heterocycles. The fourth-order valence-corrected chi connectivity index (χ4v) is 4.86. The van der Waals surface area contributed by atoms with Crippen LogP contribution >= 0.6 is 39.1 Å². The molecule has 162 valence electrons. The van der Waals surface area contributed by atoms with Crippen LogP contribution in [0.3, 0.4) is 0 Å². The second kappa shape index (κ2) is 9.10. The Morgan fingerprint density at radius 2 is 1.87 bits per heavy atom. The third-order valence-electron chi connectivity index (χ3n) is 5.53. The number of nitrogens with zero attached hydrogens (tertiary/aromatic N) is 4. The van der Waals surface area contributed by atoms with Crippen molar-refractivity contribution >= 4 is 45.0 Å². The van der Waals surface area contributed by atoms with E-state index in [4.69, 9.17) is 23.2 Å². The van der Waals surface area contributed by atoms with E-state index in [1.807, 2.05) is 12.1 Å². The van der Waals surface area contributed by atoms with Crippen molar-refractivity contribution in [1.29, 1.82) is 0 Å². The lowest BCUT2D eigenvalue weighted by atomic mass is 10.2. The number of hydrogen-bond donors (Lipinski definition) is 0. The number of amides is 1. The molecule has 4 rings (SSSR count). The summed E-state index contributed by atoms with van der Waals surface area (Å²) in [5.74, 6) is 0.108. The Morgan fingerprint density at radius 3 is 2.47 bits per heavy atom. The smallest absolute Gasteiger partial charge is 0.283 e. The van der Waals surface area contributed by atoms with Crippen molar-refractivity contribution in [2.45, 2.75) is 38.3 Å². The number of halogens is 5. The van der Waals surface area contributed by atoms with Gasteiger partial charge < -0.3 is 4.90 Å². The summed E-state index contributed by atoms with van der Waals surface area (Å²) < 4.78 is 28.3. The molecule has 1 aromatic heterocycles. The van der Waals surface area contributed by atoms with Crippen LogP contribution in [-0.2, 0) is 17.9 Å². The minimum absolute atomic E-state index is 0.00997. The van der Waals surface area contributed by atoms with Crippen LogP contribution in [0.2, 0.25) is 10.0 Å². The van der Waals surface area contributed by atoms with Crippen LogP contribution < -0.4 is 0 Å². The van der Waals surface area contributed by atoms with Gasteiger partial charge >= 0.3 is 0 Å². The number of benzene rings is 1. The van der Waals surface area contributed by atoms with Gasteiger partial charge in [0.1, 0.15) is 12.2 Å². The highest BCUT2D eigenvalue weighted by molar-refractivity contribution is 9.10. The van der Waals surface area contributed by atoms with E-state index < -0.39 is 6.43 Å². The molecule has 30 heavy (non-hydrogen) atoms. The molecule has 0 radical (unpaired) electrons. The topological polar surface area (TPSA) is 41.4 Å². The second-order valence-corrected chi connectivity index (χ2v) is 9.33. The van der Waals surface area contributed by atoms with Crippen LogP contribution in [0, 0.1) is 0 Å². The van der Waals surface area contributed by atoms with E-state index in [1.165, 1.54) is 4.68 Å². The predicted molar refractivity (Wildman–Crippen MR) is 115 cm³/mol. The molecular formula is C20H21BrCl2F2N4O. The SMILES string of the molecule is O=C(Cn1nc(C(F)F)c(Br)c1C1CC1)N1CCN(Cc2ccc(Cl)c(Cl)c2)CC1. The van der Waals surface area contributed by atoms with Crippen LogP contribution in [0.25, 0.3) is 0 Å². The van der Waals surface area contributed by atoms with Crippen LogP contribution in [-0.4, -0.2) is 51.7 Å². The summed E-state index contributed by atoms with van der Waals surface area (Å²) in [6.45, 7) is 3.35. The molecule has 0 atom stereocenters. The first-order valence-electron chi connectivity index (χ1n) is 9.81. The fraction of sp³-hybridized carbons (Fsp3) is 0.500. The van der Waals surface area contributed by atoms with Crippen molar-refractivity contribution in [1.82, 2.24) is 19.6 Å². The van der Waals surface area contributed by atoms with Gasteiger partial charge in [-0.3, -0.25) is 14.4 Å². The van der Waals surface area contributed by atoms with Gasteiger partial charge in [-0.1, -0.05) is 29.3 Å². The molecule has 1 saturated carbocycles. The molecule has 2 fully saturated rings. The van der Waals surface area contributed by atoms with Gasteiger partial charge in [0, 0.05) is 38.6 Å². The Hall–Kier alpha value is -1.22. The third-order valence-corrected chi connectivity index (χ3v) is 7.08. The molecule has 0 N–H and O–H groups in total. The van der Waals surface area contributed by atoms with Gasteiger partial charge in [0.05, 0.1) is 20.2 Å². The first kappa shape index (κ1) is 22.0. The van der Waals surface area contributed by atoms with Gasteiger partial charge in [-0.15, -0.1) is 0 Å². The number of carbonyl (C=O) groups is 1. The van der Waals surface area contributed by atoms with Crippen molar-refractivity contribution in [3.8, 4) is 0 Å². The average Bonchev–Trinajstić information content (AvgIpc) is 3.49. The maximum absolute atomic E-state index is 13.2. The second-order valence-electron chi connectivity index (χ2n) is 7.72. The molecule has 1 aromatic carbocycles. The van der Waals surface area contributed by atoms with Crippen molar-refractivity contribution < 1.29 is 13.6 Å². The molecule has 0 unspecified atom stereocenters. The van der Waals surface area contributed by atoms with Gasteiger partial charge in [-0.25, -0.2) is 8.78 Å². The van der Waals surface area contributed by atoms with E-state index in [0.717, 1.165) is 43.7 Å². The van der Waals surface area contributed by atoms with Crippen molar-refractivity contribution in [3.05, 3.63) is 49.7 Å². The molecule has 2 heterocycles. The summed E-state index contributed by atoms with van der Waals surface area (Å²) in [6.07, 6.45) is -0.790. The molecular weight excluding hydrogens is 501 g/mol. The Kier molecular flexibility index (Phi) is 6.67. The lowest BCUT2D eigenvalue weighted by Gasteiger charge is -2.35.